The minimum Gasteiger partial charge on any atom is -0.347 e. The van der Waals surface area contributed by atoms with Crippen LogP contribution in [0.5, 0.6) is 0 Å². The maximum atomic E-state index is 14.2. The number of pyridine rings is 1. The number of carbonyl (C=O) groups is 1. The van der Waals surface area contributed by atoms with Gasteiger partial charge in [0.15, 0.2) is 9.84 Å². The highest BCUT2D eigenvalue weighted by Crippen LogP contribution is 2.49. The monoisotopic (exact) mass is 415 g/mol. The van der Waals surface area contributed by atoms with E-state index in [0.29, 0.717) is 34.6 Å². The third kappa shape index (κ3) is 3.11. The molecular formula is C21H22FN3O3S. The first kappa shape index (κ1) is 19.6. The second-order valence-corrected chi connectivity index (χ2v) is 10.5. The molecule has 2 N–H and O–H groups in total. The van der Waals surface area contributed by atoms with E-state index in [1.165, 1.54) is 12.1 Å². The Morgan fingerprint density at radius 2 is 1.90 bits per heavy atom. The van der Waals surface area contributed by atoms with Gasteiger partial charge in [-0.2, -0.15) is 0 Å². The quantitative estimate of drug-likeness (QED) is 0.787. The lowest BCUT2D eigenvalue weighted by molar-refractivity contribution is -0.120. The van der Waals surface area contributed by atoms with Crippen molar-refractivity contribution in [1.29, 1.82) is 0 Å². The molecule has 0 saturated carbocycles. The van der Waals surface area contributed by atoms with Crippen molar-refractivity contribution in [3.63, 3.8) is 0 Å². The van der Waals surface area contributed by atoms with Crippen molar-refractivity contribution in [2.24, 2.45) is 0 Å². The van der Waals surface area contributed by atoms with Crippen LogP contribution in [0.3, 0.4) is 0 Å². The van der Waals surface area contributed by atoms with Gasteiger partial charge in [0, 0.05) is 29.5 Å². The summed E-state index contributed by atoms with van der Waals surface area (Å²) in [4.78, 5) is 17.5. The number of benzene rings is 1. The zero-order valence-corrected chi connectivity index (χ0v) is 17.4. The summed E-state index contributed by atoms with van der Waals surface area (Å²) in [6, 6.07) is 7.79. The van der Waals surface area contributed by atoms with Crippen molar-refractivity contribution in [3.05, 3.63) is 64.7 Å². The van der Waals surface area contributed by atoms with E-state index in [4.69, 9.17) is 0 Å². The maximum Gasteiger partial charge on any atom is 0.250 e. The third-order valence-corrected chi connectivity index (χ3v) is 6.71. The molecule has 0 fully saturated rings. The standard InChI is InChI=1S/C21H22FN3O3S/c1-20(2)10-16-17(19(26)25-20)21(3,15-9-13(22)11-23-18(15)24-16)12-6-5-7-14(8-12)29(4,27)28/h5-9,11H,10H2,1-4H3,(H,23,24)(H,25,26)/t21-/m1/s1. The lowest BCUT2D eigenvalue weighted by Gasteiger charge is -2.45. The minimum absolute atomic E-state index is 0.138. The van der Waals surface area contributed by atoms with Crippen molar-refractivity contribution in [1.82, 2.24) is 10.3 Å². The van der Waals surface area contributed by atoms with Crippen LogP contribution < -0.4 is 10.6 Å². The molecule has 1 aromatic carbocycles. The van der Waals surface area contributed by atoms with Crippen molar-refractivity contribution >= 4 is 21.6 Å². The predicted octanol–water partition coefficient (Wildman–Crippen LogP) is 2.91. The SMILES string of the molecule is CC1(C)CC2=C(C(=O)N1)[C@](C)(c1cccc(S(C)(=O)=O)c1)c1cc(F)cnc1N2. The number of hydrogen-bond donors (Lipinski definition) is 2. The average Bonchev–Trinajstić information content (AvgIpc) is 2.60. The van der Waals surface area contributed by atoms with Crippen LogP contribution in [-0.4, -0.2) is 31.1 Å². The Labute approximate surface area is 169 Å². The van der Waals surface area contributed by atoms with Crippen molar-refractivity contribution in [3.8, 4) is 0 Å². The number of hydrogen-bond acceptors (Lipinski definition) is 5. The molecule has 2 aliphatic heterocycles. The highest BCUT2D eigenvalue weighted by molar-refractivity contribution is 7.90. The van der Waals surface area contributed by atoms with Crippen molar-refractivity contribution in [2.75, 3.05) is 11.6 Å². The van der Waals surface area contributed by atoms with E-state index >= 15 is 0 Å². The fraction of sp³-hybridized carbons (Fsp3) is 0.333. The molecule has 1 atom stereocenters. The number of sulfone groups is 1. The Morgan fingerprint density at radius 3 is 2.59 bits per heavy atom. The summed E-state index contributed by atoms with van der Waals surface area (Å²) in [7, 11) is -3.46. The molecule has 2 aliphatic rings. The van der Waals surface area contributed by atoms with Gasteiger partial charge in [-0.1, -0.05) is 12.1 Å². The first-order valence-electron chi connectivity index (χ1n) is 9.22. The lowest BCUT2D eigenvalue weighted by atomic mass is 9.66. The van der Waals surface area contributed by atoms with Crippen molar-refractivity contribution < 1.29 is 17.6 Å². The number of rotatable bonds is 2. The molecule has 29 heavy (non-hydrogen) atoms. The fourth-order valence-electron chi connectivity index (χ4n) is 4.25. The van der Waals surface area contributed by atoms with Crippen LogP contribution in [0.4, 0.5) is 10.2 Å². The molecule has 2 aromatic rings. The second-order valence-electron chi connectivity index (χ2n) is 8.47. The minimum atomic E-state index is -3.46. The maximum absolute atomic E-state index is 14.2. The number of fused-ring (bicyclic) bond motifs is 1. The van der Waals surface area contributed by atoms with E-state index in [1.807, 2.05) is 20.8 Å². The van der Waals surface area contributed by atoms with Crippen LogP contribution in [-0.2, 0) is 20.0 Å². The average molecular weight is 415 g/mol. The molecule has 152 valence electrons. The van der Waals surface area contributed by atoms with E-state index < -0.39 is 26.6 Å². The summed E-state index contributed by atoms with van der Waals surface area (Å²) >= 11 is 0. The number of carbonyl (C=O) groups excluding carboxylic acids is 1. The second kappa shape index (κ2) is 6.13. The Bertz CT molecular complexity index is 1190. The Kier molecular flexibility index (Phi) is 4.13. The normalized spacial score (nSPS) is 23.0. The highest BCUT2D eigenvalue weighted by atomic mass is 32.2. The van der Waals surface area contributed by atoms with Crippen LogP contribution in [0.15, 0.2) is 52.7 Å². The molecule has 0 radical (unpaired) electrons. The van der Waals surface area contributed by atoms with E-state index in [-0.39, 0.29) is 10.8 Å². The van der Waals surface area contributed by atoms with Gasteiger partial charge in [-0.15, -0.1) is 0 Å². The topological polar surface area (TPSA) is 88.2 Å². The van der Waals surface area contributed by atoms with Gasteiger partial charge in [-0.25, -0.2) is 17.8 Å². The number of aromatic nitrogens is 1. The number of nitrogens with one attached hydrogen (secondary N) is 2. The van der Waals surface area contributed by atoms with Crippen molar-refractivity contribution in [2.45, 2.75) is 43.0 Å². The van der Waals surface area contributed by atoms with Gasteiger partial charge in [0.25, 0.3) is 5.91 Å². The molecule has 0 aliphatic carbocycles. The highest BCUT2D eigenvalue weighted by Gasteiger charge is 2.48. The summed E-state index contributed by atoms with van der Waals surface area (Å²) in [6.07, 6.45) is 2.79. The van der Waals surface area contributed by atoms with Gasteiger partial charge in [0.05, 0.1) is 22.1 Å². The Balaban J connectivity index is 2.04. The molecule has 3 heterocycles. The fourth-order valence-corrected chi connectivity index (χ4v) is 4.92. The summed E-state index contributed by atoms with van der Waals surface area (Å²) in [5.41, 5.74) is 0.678. The zero-order valence-electron chi connectivity index (χ0n) is 16.6. The lowest BCUT2D eigenvalue weighted by Crippen LogP contribution is -2.54. The molecule has 0 bridgehead atoms. The van der Waals surface area contributed by atoms with Gasteiger partial charge >= 0.3 is 0 Å². The van der Waals surface area contributed by atoms with E-state index in [0.717, 1.165) is 12.5 Å². The largest absolute Gasteiger partial charge is 0.347 e. The van der Waals surface area contributed by atoms with Gasteiger partial charge in [-0.3, -0.25) is 4.79 Å². The molecule has 6 nitrogen and oxygen atoms in total. The molecule has 0 spiro atoms. The van der Waals surface area contributed by atoms with E-state index in [2.05, 4.69) is 15.6 Å². The first-order valence-corrected chi connectivity index (χ1v) is 11.1. The summed E-state index contributed by atoms with van der Waals surface area (Å²) in [5.74, 6) is -0.342. The molecular weight excluding hydrogens is 393 g/mol. The van der Waals surface area contributed by atoms with Crippen LogP contribution >= 0.6 is 0 Å². The zero-order chi connectivity index (χ0) is 21.2. The number of nitrogens with zero attached hydrogens (tertiary/aromatic N) is 1. The van der Waals surface area contributed by atoms with E-state index in [1.54, 1.807) is 18.2 Å². The first-order chi connectivity index (χ1) is 13.4. The van der Waals surface area contributed by atoms with Gasteiger partial charge in [0.1, 0.15) is 11.6 Å². The third-order valence-electron chi connectivity index (χ3n) is 5.60. The van der Waals surface area contributed by atoms with Crippen LogP contribution in [0, 0.1) is 5.82 Å². The van der Waals surface area contributed by atoms with Gasteiger partial charge in [0.2, 0.25) is 0 Å². The Hall–Kier alpha value is -2.74. The number of anilines is 1. The Morgan fingerprint density at radius 1 is 1.17 bits per heavy atom. The summed E-state index contributed by atoms with van der Waals surface area (Å²) in [5, 5.41) is 6.21. The molecule has 1 amide bonds. The van der Waals surface area contributed by atoms with E-state index in [9.17, 15) is 17.6 Å². The molecule has 4 rings (SSSR count). The van der Waals surface area contributed by atoms with Crippen LogP contribution in [0.1, 0.15) is 38.3 Å². The molecule has 1 aromatic heterocycles. The summed E-state index contributed by atoms with van der Waals surface area (Å²) in [6.45, 7) is 5.65. The van der Waals surface area contributed by atoms with Gasteiger partial charge < -0.3 is 10.6 Å². The summed E-state index contributed by atoms with van der Waals surface area (Å²) < 4.78 is 38.4. The van der Waals surface area contributed by atoms with Crippen LogP contribution in [0.2, 0.25) is 0 Å². The molecule has 8 heteroatoms. The van der Waals surface area contributed by atoms with Gasteiger partial charge in [-0.05, 0) is 44.5 Å². The predicted molar refractivity (Wildman–Crippen MR) is 108 cm³/mol. The molecule has 0 saturated heterocycles. The number of amides is 1. The number of halogens is 1. The molecule has 0 unspecified atom stereocenters. The smallest absolute Gasteiger partial charge is 0.250 e. The van der Waals surface area contributed by atoms with Crippen LogP contribution in [0.25, 0.3) is 0 Å².